The molecule has 4 nitrogen and oxygen atoms in total. The molecule has 23 heavy (non-hydrogen) atoms. The smallest absolute Gasteiger partial charge is 0.252 e. The van der Waals surface area contributed by atoms with Gasteiger partial charge >= 0.3 is 0 Å². The standard InChI is InChI=1S/C18H22FN3O/c1-13(2)7-8-21-18(23)15-9-16(12-20-10-15)22-11-14-5-3-4-6-17(14)19/h3-6,9-10,12-13,22H,7-8,11H2,1-2H3,(H,21,23). The fraction of sp³-hybridized carbons (Fsp3) is 0.333. The molecule has 1 heterocycles. The van der Waals surface area contributed by atoms with Crippen LogP contribution in [0.3, 0.4) is 0 Å². The molecule has 0 aliphatic rings. The molecule has 5 heteroatoms. The van der Waals surface area contributed by atoms with Crippen molar-refractivity contribution in [2.75, 3.05) is 11.9 Å². The van der Waals surface area contributed by atoms with Crippen LogP contribution in [0.5, 0.6) is 0 Å². The molecule has 0 unspecified atom stereocenters. The summed E-state index contributed by atoms with van der Waals surface area (Å²) in [6.07, 6.45) is 4.08. The van der Waals surface area contributed by atoms with E-state index in [0.717, 1.165) is 6.42 Å². The van der Waals surface area contributed by atoms with Gasteiger partial charge in [-0.2, -0.15) is 0 Å². The number of carbonyl (C=O) groups excluding carboxylic acids is 1. The van der Waals surface area contributed by atoms with E-state index < -0.39 is 0 Å². The van der Waals surface area contributed by atoms with Crippen LogP contribution < -0.4 is 10.6 Å². The molecule has 0 saturated heterocycles. The fourth-order valence-electron chi connectivity index (χ4n) is 2.08. The first-order chi connectivity index (χ1) is 11.1. The number of amides is 1. The fourth-order valence-corrected chi connectivity index (χ4v) is 2.08. The zero-order chi connectivity index (χ0) is 16.7. The van der Waals surface area contributed by atoms with E-state index in [1.165, 1.54) is 12.3 Å². The molecule has 0 aliphatic carbocycles. The van der Waals surface area contributed by atoms with Gasteiger partial charge in [-0.05, 0) is 24.5 Å². The third-order valence-electron chi connectivity index (χ3n) is 3.45. The normalized spacial score (nSPS) is 10.6. The number of nitrogens with one attached hydrogen (secondary N) is 2. The van der Waals surface area contributed by atoms with Crippen molar-refractivity contribution < 1.29 is 9.18 Å². The predicted octanol–water partition coefficient (Wildman–Crippen LogP) is 3.61. The van der Waals surface area contributed by atoms with Crippen molar-refractivity contribution >= 4 is 11.6 Å². The first-order valence-corrected chi connectivity index (χ1v) is 7.77. The number of hydrogen-bond donors (Lipinski definition) is 2. The van der Waals surface area contributed by atoms with Crippen LogP contribution in [0.25, 0.3) is 0 Å². The summed E-state index contributed by atoms with van der Waals surface area (Å²) >= 11 is 0. The SMILES string of the molecule is CC(C)CCNC(=O)c1cncc(NCc2ccccc2F)c1. The van der Waals surface area contributed by atoms with Gasteiger partial charge in [-0.15, -0.1) is 0 Å². The second-order valence-corrected chi connectivity index (χ2v) is 5.85. The quantitative estimate of drug-likeness (QED) is 0.820. The Morgan fingerprint density at radius 3 is 2.78 bits per heavy atom. The van der Waals surface area contributed by atoms with Crippen LogP contribution in [-0.2, 0) is 6.54 Å². The van der Waals surface area contributed by atoms with Crippen molar-refractivity contribution in [3.63, 3.8) is 0 Å². The Balaban J connectivity index is 1.94. The summed E-state index contributed by atoms with van der Waals surface area (Å²) in [6, 6.07) is 8.31. The van der Waals surface area contributed by atoms with Gasteiger partial charge in [0.05, 0.1) is 11.3 Å². The minimum atomic E-state index is -0.254. The van der Waals surface area contributed by atoms with Gasteiger partial charge in [0.1, 0.15) is 5.82 Å². The van der Waals surface area contributed by atoms with Crippen molar-refractivity contribution in [2.45, 2.75) is 26.8 Å². The first-order valence-electron chi connectivity index (χ1n) is 7.77. The number of anilines is 1. The Hall–Kier alpha value is -2.43. The van der Waals surface area contributed by atoms with Crippen LogP contribution in [0.2, 0.25) is 0 Å². The lowest BCUT2D eigenvalue weighted by atomic mass is 10.1. The van der Waals surface area contributed by atoms with Gasteiger partial charge in [-0.25, -0.2) is 4.39 Å². The number of halogens is 1. The maximum absolute atomic E-state index is 13.6. The molecular weight excluding hydrogens is 293 g/mol. The van der Waals surface area contributed by atoms with E-state index in [2.05, 4.69) is 29.5 Å². The number of benzene rings is 1. The van der Waals surface area contributed by atoms with Gasteiger partial charge in [0, 0.05) is 31.0 Å². The molecule has 0 bridgehead atoms. The highest BCUT2D eigenvalue weighted by molar-refractivity contribution is 5.94. The van der Waals surface area contributed by atoms with E-state index in [0.29, 0.717) is 35.8 Å². The lowest BCUT2D eigenvalue weighted by Crippen LogP contribution is -2.25. The summed E-state index contributed by atoms with van der Waals surface area (Å²) in [7, 11) is 0. The van der Waals surface area contributed by atoms with Crippen molar-refractivity contribution in [1.82, 2.24) is 10.3 Å². The Bertz CT molecular complexity index is 658. The van der Waals surface area contributed by atoms with E-state index in [1.54, 1.807) is 30.5 Å². The van der Waals surface area contributed by atoms with E-state index >= 15 is 0 Å². The third-order valence-corrected chi connectivity index (χ3v) is 3.45. The minimum Gasteiger partial charge on any atom is -0.380 e. The summed E-state index contributed by atoms with van der Waals surface area (Å²) in [5.41, 5.74) is 1.75. The first kappa shape index (κ1) is 16.9. The highest BCUT2D eigenvalue weighted by atomic mass is 19.1. The number of pyridine rings is 1. The molecule has 0 fully saturated rings. The summed E-state index contributed by atoms with van der Waals surface area (Å²) in [4.78, 5) is 16.1. The summed E-state index contributed by atoms with van der Waals surface area (Å²) in [6.45, 7) is 5.21. The van der Waals surface area contributed by atoms with Crippen LogP contribution in [0.15, 0.2) is 42.7 Å². The molecular formula is C18H22FN3O. The van der Waals surface area contributed by atoms with Crippen molar-refractivity contribution in [3.8, 4) is 0 Å². The Kier molecular flexibility index (Phi) is 6.09. The molecule has 2 N–H and O–H groups in total. The largest absolute Gasteiger partial charge is 0.380 e. The van der Waals surface area contributed by atoms with E-state index in [1.807, 2.05) is 0 Å². The molecule has 1 aromatic heterocycles. The highest BCUT2D eigenvalue weighted by Crippen LogP contribution is 2.12. The molecule has 1 amide bonds. The van der Waals surface area contributed by atoms with Gasteiger partial charge < -0.3 is 10.6 Å². The average molecular weight is 315 g/mol. The number of nitrogens with zero attached hydrogens (tertiary/aromatic N) is 1. The Morgan fingerprint density at radius 1 is 1.26 bits per heavy atom. The minimum absolute atomic E-state index is 0.146. The second kappa shape index (κ2) is 8.27. The van der Waals surface area contributed by atoms with Crippen LogP contribution >= 0.6 is 0 Å². The molecule has 122 valence electrons. The summed E-state index contributed by atoms with van der Waals surface area (Å²) < 4.78 is 13.6. The summed E-state index contributed by atoms with van der Waals surface area (Å²) in [5, 5.41) is 5.96. The average Bonchev–Trinajstić information content (AvgIpc) is 2.54. The van der Waals surface area contributed by atoms with Crippen LogP contribution in [0, 0.1) is 11.7 Å². The van der Waals surface area contributed by atoms with Gasteiger partial charge in [0.15, 0.2) is 0 Å². The lowest BCUT2D eigenvalue weighted by molar-refractivity contribution is 0.0951. The number of aromatic nitrogens is 1. The maximum atomic E-state index is 13.6. The Morgan fingerprint density at radius 2 is 2.04 bits per heavy atom. The number of carbonyl (C=O) groups is 1. The van der Waals surface area contributed by atoms with Gasteiger partial charge in [-0.1, -0.05) is 32.0 Å². The Labute approximate surface area is 136 Å². The molecule has 0 aliphatic heterocycles. The molecule has 0 saturated carbocycles. The molecule has 2 aromatic rings. The molecule has 0 spiro atoms. The molecule has 0 atom stereocenters. The maximum Gasteiger partial charge on any atom is 0.252 e. The van der Waals surface area contributed by atoms with Crippen LogP contribution in [0.4, 0.5) is 10.1 Å². The van der Waals surface area contributed by atoms with Crippen molar-refractivity contribution in [1.29, 1.82) is 0 Å². The van der Waals surface area contributed by atoms with Crippen molar-refractivity contribution in [3.05, 3.63) is 59.7 Å². The predicted molar refractivity (Wildman–Crippen MR) is 89.8 cm³/mol. The topological polar surface area (TPSA) is 54.0 Å². The number of rotatable bonds is 7. The van der Waals surface area contributed by atoms with Gasteiger partial charge in [0.25, 0.3) is 5.91 Å². The second-order valence-electron chi connectivity index (χ2n) is 5.85. The van der Waals surface area contributed by atoms with E-state index in [4.69, 9.17) is 0 Å². The molecule has 2 rings (SSSR count). The van der Waals surface area contributed by atoms with Crippen LogP contribution in [-0.4, -0.2) is 17.4 Å². The van der Waals surface area contributed by atoms with Crippen molar-refractivity contribution in [2.24, 2.45) is 5.92 Å². The lowest BCUT2D eigenvalue weighted by Gasteiger charge is -2.10. The zero-order valence-electron chi connectivity index (χ0n) is 13.5. The number of hydrogen-bond acceptors (Lipinski definition) is 3. The van der Waals surface area contributed by atoms with E-state index in [-0.39, 0.29) is 11.7 Å². The van der Waals surface area contributed by atoms with Gasteiger partial charge in [0.2, 0.25) is 0 Å². The van der Waals surface area contributed by atoms with Gasteiger partial charge in [-0.3, -0.25) is 9.78 Å². The monoisotopic (exact) mass is 315 g/mol. The van der Waals surface area contributed by atoms with Crippen LogP contribution in [0.1, 0.15) is 36.2 Å². The zero-order valence-corrected chi connectivity index (χ0v) is 13.5. The molecule has 0 radical (unpaired) electrons. The third kappa shape index (κ3) is 5.36. The highest BCUT2D eigenvalue weighted by Gasteiger charge is 2.07. The van der Waals surface area contributed by atoms with E-state index in [9.17, 15) is 9.18 Å². The summed E-state index contributed by atoms with van der Waals surface area (Å²) in [5.74, 6) is 0.144. The molecule has 1 aromatic carbocycles.